The number of likely N-dealkylation sites (N-methyl/N-ethyl adjacent to an activating group) is 1. The maximum atomic E-state index is 13.9. The third kappa shape index (κ3) is 21.3. The molecule has 6 saturated heterocycles. The molecule has 6 heterocycles. The minimum absolute atomic E-state index is 0. The molecule has 41 heteroatoms. The number of carbonyl (C=O) groups excluding carboxylic acids is 4. The average Bonchev–Trinajstić information content (AvgIpc) is 0.679. The van der Waals surface area contributed by atoms with Crippen molar-refractivity contribution in [1.82, 2.24) is 10.4 Å². The Hall–Kier alpha value is -0.810. The molecular weight excluding hydrogens is 1370 g/mol. The van der Waals surface area contributed by atoms with E-state index in [0.29, 0.717) is 18.1 Å². The number of carboxylic acid groups (broad SMARTS) is 2. The Balaban J connectivity index is 0.0000102. The van der Waals surface area contributed by atoms with Crippen molar-refractivity contribution >= 4 is 35.4 Å². The first kappa shape index (κ1) is 89.6. The Morgan fingerprint density at radius 2 is 1.09 bits per heavy atom. The van der Waals surface area contributed by atoms with Gasteiger partial charge in [-0.15, -0.1) is 0 Å². The van der Waals surface area contributed by atoms with Crippen molar-refractivity contribution in [2.24, 2.45) is 11.8 Å². The number of nitrogens with zero attached hydrogens (tertiary/aromatic N) is 1. The zero-order valence-corrected chi connectivity index (χ0v) is 60.4. The van der Waals surface area contributed by atoms with Gasteiger partial charge in [0.25, 0.3) is 0 Å². The van der Waals surface area contributed by atoms with Gasteiger partial charge in [-0.2, -0.15) is 16.8 Å². The number of hydroxylamine groups is 2. The van der Waals surface area contributed by atoms with E-state index in [1.165, 1.54) is 14.0 Å². The second-order valence-electron chi connectivity index (χ2n) is 25.1. The van der Waals surface area contributed by atoms with Gasteiger partial charge in [0.15, 0.2) is 25.1 Å². The van der Waals surface area contributed by atoms with E-state index in [0.717, 1.165) is 24.7 Å². The van der Waals surface area contributed by atoms with Crippen LogP contribution in [0.4, 0.5) is 0 Å². The van der Waals surface area contributed by atoms with Crippen LogP contribution in [-0.4, -0.2) is 368 Å². The maximum absolute atomic E-state index is 13.9. The molecule has 6 aliphatic rings. The molecule has 19 N–H and O–H groups in total. The van der Waals surface area contributed by atoms with E-state index in [2.05, 4.69) is 5.32 Å². The fraction of sp³-hybridized carbons (Fsp3) is 0.930. The van der Waals surface area contributed by atoms with Gasteiger partial charge >= 0.3 is 59.1 Å². The van der Waals surface area contributed by atoms with E-state index in [1.54, 1.807) is 11.8 Å². The Kier molecular flexibility index (Phi) is 36.8. The van der Waals surface area contributed by atoms with Crippen LogP contribution in [0.15, 0.2) is 0 Å². The molecule has 0 aliphatic carbocycles. The number of aliphatic hydroxyl groups excluding tert-OH is 18. The van der Waals surface area contributed by atoms with E-state index >= 15 is 0 Å². The number of Topliss-reactive ketones (excluding diaryl/α,β-unsaturated/α-hetero) is 1. The first-order valence-electron chi connectivity index (χ1n) is 31.5. The first-order valence-corrected chi connectivity index (χ1v) is 32.6. The van der Waals surface area contributed by atoms with Crippen molar-refractivity contribution in [2.45, 2.75) is 261 Å². The van der Waals surface area contributed by atoms with Crippen LogP contribution in [0.5, 0.6) is 0 Å². The molecule has 6 rings (SSSR count). The van der Waals surface area contributed by atoms with Crippen LogP contribution in [0, 0.1) is 11.8 Å². The zero-order valence-electron chi connectivity index (χ0n) is 55.6. The van der Waals surface area contributed by atoms with Gasteiger partial charge in [0, 0.05) is 51.5 Å². The molecule has 0 aromatic carbocycles. The fourth-order valence-electron chi connectivity index (χ4n) is 12.2. The number of aliphatic hydroxyl groups is 18. The SMILES string of the molecule is CC(=O)NC1[C@H](O[C@H]2C(CO)O[C@@H](O[C@@H]3C(CO)O[C@@H](N(C)OCCCC(=O)CCCSC(C)C)C(O)[C@H]3O)C(O)[C@H]2O[C@]2(C(=O)[O-])CC(O)[C@@H](C)[C@H]([C@H](O)[C@@H](CO)O[C@]3(C(=O)[O-])CC(O)[C@@H](C)[C@H]([C@H](O)[C@H](O)CO)O3)O2)OC(CO)[C@H](O)[C@@H]1O[C@@H]1OC(CO)[C@H](O)[C@H](O)C1O.[Na+].[Na+]. The first-order chi connectivity index (χ1) is 45.2. The quantitative estimate of drug-likeness (QED) is 0.0162. The number of nitrogens with one attached hydrogen (secondary N) is 1. The third-order valence-electron chi connectivity index (χ3n) is 17.8. The molecule has 558 valence electrons. The number of carboxylic acids is 2. The Bertz CT molecular complexity index is 2450. The number of amides is 1. The number of aliphatic carboxylic acids is 2. The largest absolute Gasteiger partial charge is 1.00 e. The number of carbonyl (C=O) groups is 4. The average molecular weight is 1460 g/mol. The van der Waals surface area contributed by atoms with Crippen LogP contribution < -0.4 is 74.6 Å². The minimum Gasteiger partial charge on any atom is -0.544 e. The molecule has 0 spiro atoms. The summed E-state index contributed by atoms with van der Waals surface area (Å²) in [5.41, 5.74) is 0. The van der Waals surface area contributed by atoms with Gasteiger partial charge < -0.3 is 169 Å². The van der Waals surface area contributed by atoms with Gasteiger partial charge in [0.05, 0.1) is 70.7 Å². The van der Waals surface area contributed by atoms with Crippen molar-refractivity contribution < 1.29 is 237 Å². The molecule has 0 bridgehead atoms. The summed E-state index contributed by atoms with van der Waals surface area (Å²) in [7, 11) is 1.30. The maximum Gasteiger partial charge on any atom is 1.00 e. The molecule has 10 unspecified atom stereocenters. The Morgan fingerprint density at radius 3 is 1.64 bits per heavy atom. The van der Waals surface area contributed by atoms with Crippen LogP contribution >= 0.6 is 11.8 Å². The van der Waals surface area contributed by atoms with E-state index < -0.39 is 265 Å². The predicted octanol–water partition coefficient (Wildman–Crippen LogP) is -18.5. The molecular formula is C57H96N2Na2O36S. The van der Waals surface area contributed by atoms with E-state index in [9.17, 15) is 121 Å². The second kappa shape index (κ2) is 40.2. The molecule has 0 aromatic heterocycles. The van der Waals surface area contributed by atoms with Crippen molar-refractivity contribution in [1.29, 1.82) is 0 Å². The molecule has 98 heavy (non-hydrogen) atoms. The molecule has 0 radical (unpaired) electrons. The number of ether oxygens (including phenoxy) is 11. The van der Waals surface area contributed by atoms with Crippen molar-refractivity contribution in [3.8, 4) is 0 Å². The third-order valence-corrected chi connectivity index (χ3v) is 19.0. The van der Waals surface area contributed by atoms with Crippen LogP contribution in [0.25, 0.3) is 0 Å². The van der Waals surface area contributed by atoms with Crippen molar-refractivity contribution in [3.05, 3.63) is 0 Å². The van der Waals surface area contributed by atoms with Crippen LogP contribution in [0.2, 0.25) is 0 Å². The normalized spacial score (nSPS) is 41.3. The van der Waals surface area contributed by atoms with Crippen LogP contribution in [-0.2, 0) is 76.1 Å². The standard InChI is InChI=1S/C57H98N2O36S.2Na/c1-21(2)96-12-8-10-25(67)9-7-11-84-59(6)50-41(77)40(76)46(32(19-64)85-50)89-53-43(79)49(47(33(20-65)88-53)90-51-34(58-24(5)66)48(37(73)30(17-62)86-51)91-52-42(78)39(75)36(72)29(16-61)87-52)95-57(55(82)83)14-27(69)23(4)45(94-57)38(74)31(18-63)92-56(54(80)81)13-26(68)22(3)44(93-56)35(71)28(70)15-60;;/h21-23,26-53,60-65,68-79H,7-20H2,1-6H3,(H,58,66)(H,80,81)(H,82,83);;/q;2*+1/p-2/t22-,23-,26?,27?,28-,29?,30?,31-,32?,33?,34?,35-,36+,37+,38-,39+,40-,41?,42?,43?,44-,45-,46-,47+,48-,49-,50-,51+,52+,53+,56-,57+;;/m1../s1. The number of hydrogen-bond donors (Lipinski definition) is 19. The molecule has 1 amide bonds. The van der Waals surface area contributed by atoms with Gasteiger partial charge in [-0.3, -0.25) is 14.4 Å². The number of thioether (sulfide) groups is 1. The summed E-state index contributed by atoms with van der Waals surface area (Å²) in [4.78, 5) is 58.2. The van der Waals surface area contributed by atoms with Gasteiger partial charge in [-0.1, -0.05) is 27.7 Å². The van der Waals surface area contributed by atoms with Gasteiger partial charge in [-0.25, -0.2) is 0 Å². The number of rotatable bonds is 34. The van der Waals surface area contributed by atoms with E-state index in [1.807, 2.05) is 13.8 Å². The number of ketones is 1. The summed E-state index contributed by atoms with van der Waals surface area (Å²) in [6.07, 6.45) is -57.4. The Morgan fingerprint density at radius 1 is 0.592 bits per heavy atom. The summed E-state index contributed by atoms with van der Waals surface area (Å²) in [6.45, 7) is 0.383. The number of hydrogen-bond acceptors (Lipinski definition) is 38. The van der Waals surface area contributed by atoms with Gasteiger partial charge in [-0.05, 0) is 23.8 Å². The van der Waals surface area contributed by atoms with Crippen molar-refractivity contribution in [3.63, 3.8) is 0 Å². The summed E-state index contributed by atoms with van der Waals surface area (Å²) in [5.74, 6) is -14.5. The molecule has 0 saturated carbocycles. The topological polar surface area (TPSA) is 605 Å². The predicted molar refractivity (Wildman–Crippen MR) is 309 cm³/mol. The second-order valence-corrected chi connectivity index (χ2v) is 26.8. The van der Waals surface area contributed by atoms with Crippen LogP contribution in [0.1, 0.15) is 73.1 Å². The molecule has 6 fully saturated rings. The molecule has 38 nitrogen and oxygen atoms in total. The molecule has 6 aliphatic heterocycles. The van der Waals surface area contributed by atoms with Gasteiger partial charge in [0.1, 0.15) is 140 Å². The summed E-state index contributed by atoms with van der Waals surface area (Å²) >= 11 is 1.72. The monoisotopic (exact) mass is 1460 g/mol. The Labute approximate surface area is 611 Å². The summed E-state index contributed by atoms with van der Waals surface area (Å²) in [6, 6.07) is -1.96. The fourth-order valence-corrected chi connectivity index (χ4v) is 13.0. The molecule has 32 atom stereocenters. The van der Waals surface area contributed by atoms with Crippen LogP contribution in [0.3, 0.4) is 0 Å². The zero-order chi connectivity index (χ0) is 71.6. The van der Waals surface area contributed by atoms with E-state index in [-0.39, 0.29) is 84.3 Å². The molecule has 0 aromatic rings. The van der Waals surface area contributed by atoms with Crippen molar-refractivity contribution in [2.75, 3.05) is 59.0 Å². The minimum atomic E-state index is -3.57. The van der Waals surface area contributed by atoms with Gasteiger partial charge in [0.2, 0.25) is 17.5 Å². The summed E-state index contributed by atoms with van der Waals surface area (Å²) in [5, 5.41) is 229. The summed E-state index contributed by atoms with van der Waals surface area (Å²) < 4.78 is 65.0. The smallest absolute Gasteiger partial charge is 0.544 e. The van der Waals surface area contributed by atoms with E-state index in [4.69, 9.17) is 56.9 Å².